The molecular weight excluding hydrogens is 302 g/mol. The zero-order valence-electron chi connectivity index (χ0n) is 12.4. The minimum atomic E-state index is -3.25. The fraction of sp³-hybridized carbons (Fsp3) is 0.625. The van der Waals surface area contributed by atoms with Crippen molar-refractivity contribution in [2.24, 2.45) is 5.92 Å². The van der Waals surface area contributed by atoms with Crippen LogP contribution in [-0.4, -0.2) is 31.5 Å². The molecule has 0 bridgehead atoms. The van der Waals surface area contributed by atoms with Gasteiger partial charge in [-0.25, -0.2) is 13.1 Å². The van der Waals surface area contributed by atoms with E-state index in [2.05, 4.69) is 10.8 Å². The molecule has 5 nitrogen and oxygen atoms in total. The minimum Gasteiger partial charge on any atom is -0.493 e. The van der Waals surface area contributed by atoms with Crippen LogP contribution >= 0.6 is 0 Å². The Morgan fingerprint density at radius 3 is 2.73 bits per heavy atom. The second-order valence-electron chi connectivity index (χ2n) is 6.69. The first-order valence-corrected chi connectivity index (χ1v) is 9.52. The van der Waals surface area contributed by atoms with Gasteiger partial charge in [0.05, 0.1) is 18.0 Å². The first kappa shape index (κ1) is 14.5. The molecular formula is C16H21NO4S. The van der Waals surface area contributed by atoms with E-state index in [-0.39, 0.29) is 23.3 Å². The quantitative estimate of drug-likeness (QED) is 0.861. The van der Waals surface area contributed by atoms with E-state index in [1.807, 2.05) is 12.1 Å². The second-order valence-corrected chi connectivity index (χ2v) is 8.68. The Morgan fingerprint density at radius 1 is 1.27 bits per heavy atom. The SMILES string of the molecule is O=S(=O)(NC(c1ccc2c(c1)CCO2)C1CC(O)C1)C1CC1. The molecule has 2 saturated carbocycles. The van der Waals surface area contributed by atoms with Gasteiger partial charge in [-0.3, -0.25) is 0 Å². The van der Waals surface area contributed by atoms with E-state index in [9.17, 15) is 13.5 Å². The maximum Gasteiger partial charge on any atom is 0.215 e. The van der Waals surface area contributed by atoms with Gasteiger partial charge in [-0.05, 0) is 48.8 Å². The van der Waals surface area contributed by atoms with Crippen LogP contribution in [0.5, 0.6) is 5.75 Å². The number of hydrogen-bond acceptors (Lipinski definition) is 4. The van der Waals surface area contributed by atoms with Crippen molar-refractivity contribution in [2.45, 2.75) is 49.5 Å². The molecule has 1 aromatic rings. The molecule has 2 N–H and O–H groups in total. The molecule has 0 saturated heterocycles. The number of benzene rings is 1. The Morgan fingerprint density at radius 2 is 2.05 bits per heavy atom. The molecule has 0 amide bonds. The number of sulfonamides is 1. The van der Waals surface area contributed by atoms with Gasteiger partial charge in [0.2, 0.25) is 10.0 Å². The van der Waals surface area contributed by atoms with Crippen LogP contribution < -0.4 is 9.46 Å². The average molecular weight is 323 g/mol. The van der Waals surface area contributed by atoms with E-state index < -0.39 is 10.0 Å². The van der Waals surface area contributed by atoms with Gasteiger partial charge in [0.1, 0.15) is 5.75 Å². The summed E-state index contributed by atoms with van der Waals surface area (Å²) in [7, 11) is -3.25. The average Bonchev–Trinajstić information content (AvgIpc) is 3.21. The van der Waals surface area contributed by atoms with Crippen LogP contribution in [0.4, 0.5) is 0 Å². The Labute approximate surface area is 130 Å². The number of rotatable bonds is 5. The summed E-state index contributed by atoms with van der Waals surface area (Å²) in [6.45, 7) is 0.694. The summed E-state index contributed by atoms with van der Waals surface area (Å²) < 4.78 is 33.1. The van der Waals surface area contributed by atoms with E-state index in [4.69, 9.17) is 4.74 Å². The smallest absolute Gasteiger partial charge is 0.215 e. The zero-order chi connectivity index (χ0) is 15.3. The van der Waals surface area contributed by atoms with Crippen LogP contribution in [0.1, 0.15) is 42.9 Å². The molecule has 1 heterocycles. The molecule has 3 aliphatic rings. The highest BCUT2D eigenvalue weighted by atomic mass is 32.2. The van der Waals surface area contributed by atoms with Crippen molar-refractivity contribution in [3.8, 4) is 5.75 Å². The number of ether oxygens (including phenoxy) is 1. The highest BCUT2D eigenvalue weighted by Gasteiger charge is 2.42. The normalized spacial score (nSPS) is 28.6. The van der Waals surface area contributed by atoms with Gasteiger partial charge >= 0.3 is 0 Å². The highest BCUT2D eigenvalue weighted by molar-refractivity contribution is 7.90. The molecule has 4 rings (SSSR count). The van der Waals surface area contributed by atoms with E-state index in [0.29, 0.717) is 19.4 Å². The van der Waals surface area contributed by atoms with Crippen LogP contribution in [-0.2, 0) is 16.4 Å². The summed E-state index contributed by atoms with van der Waals surface area (Å²) in [5, 5.41) is 9.37. The lowest BCUT2D eigenvalue weighted by Gasteiger charge is -2.38. The predicted molar refractivity (Wildman–Crippen MR) is 82.2 cm³/mol. The van der Waals surface area contributed by atoms with Gasteiger partial charge in [-0.15, -0.1) is 0 Å². The second kappa shape index (κ2) is 5.22. The standard InChI is InChI=1S/C16H21NO4S/c18-13-8-12(9-13)16(17-22(19,20)14-2-3-14)11-1-4-15-10(7-11)5-6-21-15/h1,4,7,12-14,16-18H,2-3,5-6,8-9H2. The third kappa shape index (κ3) is 2.64. The van der Waals surface area contributed by atoms with Gasteiger partial charge in [0, 0.05) is 12.5 Å². The molecule has 0 aromatic heterocycles. The largest absolute Gasteiger partial charge is 0.493 e. The van der Waals surface area contributed by atoms with Gasteiger partial charge < -0.3 is 9.84 Å². The van der Waals surface area contributed by atoms with E-state index in [0.717, 1.165) is 36.1 Å². The third-order valence-electron chi connectivity index (χ3n) is 4.95. The van der Waals surface area contributed by atoms with Crippen molar-refractivity contribution in [3.63, 3.8) is 0 Å². The van der Waals surface area contributed by atoms with Crippen LogP contribution in [0.2, 0.25) is 0 Å². The van der Waals surface area contributed by atoms with E-state index in [1.54, 1.807) is 0 Å². The molecule has 1 aromatic carbocycles. The molecule has 120 valence electrons. The van der Waals surface area contributed by atoms with Crippen LogP contribution in [0.25, 0.3) is 0 Å². The Hall–Kier alpha value is -1.11. The topological polar surface area (TPSA) is 75.6 Å². The van der Waals surface area contributed by atoms with Crippen LogP contribution in [0.15, 0.2) is 18.2 Å². The number of aliphatic hydroxyl groups is 1. The fourth-order valence-electron chi connectivity index (χ4n) is 3.39. The zero-order valence-corrected chi connectivity index (χ0v) is 13.2. The summed E-state index contributed by atoms with van der Waals surface area (Å²) in [4.78, 5) is 0. The predicted octanol–water partition coefficient (Wildman–Crippen LogP) is 1.52. The van der Waals surface area contributed by atoms with Crippen molar-refractivity contribution in [1.82, 2.24) is 4.72 Å². The molecule has 1 atom stereocenters. The summed E-state index contributed by atoms with van der Waals surface area (Å²) in [5.41, 5.74) is 2.14. The lowest BCUT2D eigenvalue weighted by Crippen LogP contribution is -2.42. The van der Waals surface area contributed by atoms with E-state index >= 15 is 0 Å². The summed E-state index contributed by atoms with van der Waals surface area (Å²) in [6, 6.07) is 5.72. The summed E-state index contributed by atoms with van der Waals surface area (Å²) >= 11 is 0. The van der Waals surface area contributed by atoms with E-state index in [1.165, 1.54) is 0 Å². The molecule has 22 heavy (non-hydrogen) atoms. The summed E-state index contributed by atoms with van der Waals surface area (Å²) in [6.07, 6.45) is 3.41. The molecule has 0 spiro atoms. The molecule has 6 heteroatoms. The monoisotopic (exact) mass is 323 g/mol. The fourth-order valence-corrected chi connectivity index (χ4v) is 5.02. The molecule has 2 aliphatic carbocycles. The van der Waals surface area contributed by atoms with Gasteiger partial charge in [0.15, 0.2) is 0 Å². The molecule has 1 aliphatic heterocycles. The minimum absolute atomic E-state index is 0.170. The molecule has 2 fully saturated rings. The Kier molecular flexibility index (Phi) is 3.43. The van der Waals surface area contributed by atoms with Gasteiger partial charge in [-0.2, -0.15) is 0 Å². The van der Waals surface area contributed by atoms with Crippen molar-refractivity contribution < 1.29 is 18.3 Å². The van der Waals surface area contributed by atoms with Crippen molar-refractivity contribution >= 4 is 10.0 Å². The van der Waals surface area contributed by atoms with Crippen molar-refractivity contribution in [3.05, 3.63) is 29.3 Å². The van der Waals surface area contributed by atoms with Gasteiger partial charge in [0.25, 0.3) is 0 Å². The van der Waals surface area contributed by atoms with Crippen LogP contribution in [0, 0.1) is 5.92 Å². The van der Waals surface area contributed by atoms with Crippen molar-refractivity contribution in [1.29, 1.82) is 0 Å². The first-order chi connectivity index (χ1) is 10.5. The summed E-state index contributed by atoms with van der Waals surface area (Å²) in [5.74, 6) is 1.07. The maximum absolute atomic E-state index is 12.3. The molecule has 0 radical (unpaired) electrons. The Balaban J connectivity index is 1.62. The lowest BCUT2D eigenvalue weighted by molar-refractivity contribution is 0.0280. The first-order valence-electron chi connectivity index (χ1n) is 7.98. The molecule has 1 unspecified atom stereocenters. The number of hydrogen-bond donors (Lipinski definition) is 2. The van der Waals surface area contributed by atoms with Crippen molar-refractivity contribution in [2.75, 3.05) is 6.61 Å². The number of nitrogens with one attached hydrogen (secondary N) is 1. The Bertz CT molecular complexity index is 677. The lowest BCUT2D eigenvalue weighted by atomic mass is 9.75. The number of aliphatic hydroxyl groups excluding tert-OH is 1. The maximum atomic E-state index is 12.3. The van der Waals surface area contributed by atoms with Gasteiger partial charge in [-0.1, -0.05) is 12.1 Å². The number of fused-ring (bicyclic) bond motifs is 1. The third-order valence-corrected chi connectivity index (χ3v) is 6.88. The highest BCUT2D eigenvalue weighted by Crippen LogP contribution is 2.41. The van der Waals surface area contributed by atoms with Crippen LogP contribution in [0.3, 0.4) is 0 Å².